The van der Waals surface area contributed by atoms with E-state index in [1.54, 1.807) is 18.3 Å². The third kappa shape index (κ3) is 2.17. The highest BCUT2D eigenvalue weighted by Gasteiger charge is 1.93. The van der Waals surface area contributed by atoms with E-state index >= 15 is 0 Å². The van der Waals surface area contributed by atoms with E-state index in [4.69, 9.17) is 5.11 Å². The van der Waals surface area contributed by atoms with E-state index in [0.717, 1.165) is 4.90 Å². The van der Waals surface area contributed by atoms with Crippen molar-refractivity contribution in [3.8, 4) is 0 Å². The number of hydrogen-bond acceptors (Lipinski definition) is 3. The Hall–Kier alpha value is -0.250. The maximum Gasteiger partial charge on any atom is 0.0864 e. The molecule has 0 saturated carbocycles. The fourth-order valence-electron chi connectivity index (χ4n) is 0.551. The zero-order valence-electron chi connectivity index (χ0n) is 5.19. The minimum atomic E-state index is -0.0420. The van der Waals surface area contributed by atoms with Crippen LogP contribution < -0.4 is 0 Å². The van der Waals surface area contributed by atoms with Gasteiger partial charge in [0, 0.05) is 11.1 Å². The van der Waals surface area contributed by atoms with Crippen molar-refractivity contribution in [3.05, 3.63) is 24.0 Å². The molecular weight excluding hydrogens is 170 g/mol. The minimum absolute atomic E-state index is 0. The molecule has 4 heteroatoms. The van der Waals surface area contributed by atoms with Crippen molar-refractivity contribution < 1.29 is 5.11 Å². The maximum atomic E-state index is 8.61. The summed E-state index contributed by atoms with van der Waals surface area (Å²) in [6.07, 6.45) is 1.63. The molecule has 0 atom stereocenters. The van der Waals surface area contributed by atoms with Gasteiger partial charge < -0.3 is 5.11 Å². The topological polar surface area (TPSA) is 33.1 Å². The average molecular weight is 178 g/mol. The Kier molecular flexibility index (Phi) is 4.43. The first kappa shape index (κ1) is 9.75. The zero-order chi connectivity index (χ0) is 6.69. The van der Waals surface area contributed by atoms with Crippen molar-refractivity contribution in [2.75, 3.05) is 0 Å². The second kappa shape index (κ2) is 4.55. The lowest BCUT2D eigenvalue weighted by Gasteiger charge is -1.95. The van der Waals surface area contributed by atoms with Gasteiger partial charge in [-0.25, -0.2) is 0 Å². The molecule has 1 aromatic rings. The highest BCUT2D eigenvalue weighted by Crippen LogP contribution is 2.08. The van der Waals surface area contributed by atoms with E-state index in [1.165, 1.54) is 0 Å². The highest BCUT2D eigenvalue weighted by atomic mass is 35.5. The Bertz CT molecular complexity index is 207. The molecule has 56 valence electrons. The fourth-order valence-corrected chi connectivity index (χ4v) is 0.766. The SMILES string of the molecule is Cl.OCc1ncccc1S. The van der Waals surface area contributed by atoms with Gasteiger partial charge in [-0.05, 0) is 12.1 Å². The number of nitrogens with zero attached hydrogens (tertiary/aromatic N) is 1. The monoisotopic (exact) mass is 177 g/mol. The molecule has 0 saturated heterocycles. The minimum Gasteiger partial charge on any atom is -0.390 e. The molecule has 1 N–H and O–H groups in total. The molecule has 0 bridgehead atoms. The Balaban J connectivity index is 0.000000810. The van der Waals surface area contributed by atoms with E-state index < -0.39 is 0 Å². The largest absolute Gasteiger partial charge is 0.390 e. The summed E-state index contributed by atoms with van der Waals surface area (Å²) < 4.78 is 0. The first-order chi connectivity index (χ1) is 4.34. The number of aliphatic hydroxyl groups is 1. The molecule has 1 rings (SSSR count). The van der Waals surface area contributed by atoms with Gasteiger partial charge in [-0.3, -0.25) is 4.98 Å². The molecule has 1 aromatic heterocycles. The van der Waals surface area contributed by atoms with Crippen molar-refractivity contribution in [1.82, 2.24) is 4.98 Å². The lowest BCUT2D eigenvalue weighted by atomic mass is 10.4. The van der Waals surface area contributed by atoms with Gasteiger partial charge in [0.1, 0.15) is 0 Å². The van der Waals surface area contributed by atoms with Crippen molar-refractivity contribution in [3.63, 3.8) is 0 Å². The molecule has 1 heterocycles. The molecule has 0 amide bonds. The third-order valence-electron chi connectivity index (χ3n) is 1.02. The molecule has 0 radical (unpaired) electrons. The van der Waals surface area contributed by atoms with Crippen molar-refractivity contribution in [1.29, 1.82) is 0 Å². The predicted octanol–water partition coefficient (Wildman–Crippen LogP) is 1.28. The lowest BCUT2D eigenvalue weighted by Crippen LogP contribution is -1.88. The number of hydrogen-bond donors (Lipinski definition) is 2. The van der Waals surface area contributed by atoms with Crippen LogP contribution in [0.15, 0.2) is 23.2 Å². The van der Waals surface area contributed by atoms with E-state index in [9.17, 15) is 0 Å². The molecule has 0 aliphatic rings. The van der Waals surface area contributed by atoms with Crippen LogP contribution in [0, 0.1) is 0 Å². The number of aromatic nitrogens is 1. The third-order valence-corrected chi connectivity index (χ3v) is 1.42. The molecule has 2 nitrogen and oxygen atoms in total. The summed E-state index contributed by atoms with van der Waals surface area (Å²) in [6.45, 7) is -0.0420. The number of halogens is 1. The van der Waals surface area contributed by atoms with E-state index in [2.05, 4.69) is 17.6 Å². The van der Waals surface area contributed by atoms with Crippen LogP contribution in [0.2, 0.25) is 0 Å². The van der Waals surface area contributed by atoms with Crippen LogP contribution in [-0.2, 0) is 6.61 Å². The van der Waals surface area contributed by atoms with Gasteiger partial charge in [-0.1, -0.05) is 0 Å². The van der Waals surface area contributed by atoms with E-state index in [1.807, 2.05) is 0 Å². The van der Waals surface area contributed by atoms with Gasteiger partial charge in [0.2, 0.25) is 0 Å². The predicted molar refractivity (Wildman–Crippen MR) is 44.7 cm³/mol. The zero-order valence-corrected chi connectivity index (χ0v) is 6.90. The van der Waals surface area contributed by atoms with Crippen molar-refractivity contribution in [2.24, 2.45) is 0 Å². The number of rotatable bonds is 1. The molecule has 0 unspecified atom stereocenters. The Morgan fingerprint density at radius 1 is 1.60 bits per heavy atom. The highest BCUT2D eigenvalue weighted by molar-refractivity contribution is 7.80. The van der Waals surface area contributed by atoms with Crippen molar-refractivity contribution >= 4 is 25.0 Å². The van der Waals surface area contributed by atoms with Crippen LogP contribution in [0.3, 0.4) is 0 Å². The van der Waals surface area contributed by atoms with Gasteiger partial charge >= 0.3 is 0 Å². The van der Waals surface area contributed by atoms with Crippen LogP contribution in [0.1, 0.15) is 5.69 Å². The maximum absolute atomic E-state index is 8.61. The second-order valence-electron chi connectivity index (χ2n) is 1.63. The van der Waals surface area contributed by atoms with Gasteiger partial charge in [-0.2, -0.15) is 0 Å². The van der Waals surface area contributed by atoms with Gasteiger partial charge in [-0.15, -0.1) is 25.0 Å². The molecule has 0 aliphatic carbocycles. The molecule has 0 spiro atoms. The molecular formula is C6H8ClNOS. The standard InChI is InChI=1S/C6H7NOS.ClH/c8-4-5-6(9)2-1-3-7-5;/h1-3,8-9H,4H2;1H. The van der Waals surface area contributed by atoms with Crippen LogP contribution in [0.5, 0.6) is 0 Å². The number of pyridine rings is 1. The molecule has 0 fully saturated rings. The smallest absolute Gasteiger partial charge is 0.0864 e. The van der Waals surface area contributed by atoms with Crippen molar-refractivity contribution in [2.45, 2.75) is 11.5 Å². The van der Waals surface area contributed by atoms with Gasteiger partial charge in [0.15, 0.2) is 0 Å². The van der Waals surface area contributed by atoms with Gasteiger partial charge in [0.25, 0.3) is 0 Å². The fraction of sp³-hybridized carbons (Fsp3) is 0.167. The average Bonchev–Trinajstić information content (AvgIpc) is 1.89. The van der Waals surface area contributed by atoms with Crippen LogP contribution in [0.4, 0.5) is 0 Å². The first-order valence-corrected chi connectivity index (χ1v) is 3.03. The van der Waals surface area contributed by atoms with Crippen LogP contribution in [0.25, 0.3) is 0 Å². The summed E-state index contributed by atoms with van der Waals surface area (Å²) in [7, 11) is 0. The number of aliphatic hydroxyl groups excluding tert-OH is 1. The molecule has 10 heavy (non-hydrogen) atoms. The second-order valence-corrected chi connectivity index (χ2v) is 2.11. The van der Waals surface area contributed by atoms with E-state index in [0.29, 0.717) is 5.69 Å². The quantitative estimate of drug-likeness (QED) is 0.634. The molecule has 0 aromatic carbocycles. The summed E-state index contributed by atoms with van der Waals surface area (Å²) in [4.78, 5) is 4.61. The Morgan fingerprint density at radius 2 is 2.30 bits per heavy atom. The van der Waals surface area contributed by atoms with E-state index in [-0.39, 0.29) is 19.0 Å². The summed E-state index contributed by atoms with van der Waals surface area (Å²) in [5, 5.41) is 8.61. The first-order valence-electron chi connectivity index (χ1n) is 2.58. The summed E-state index contributed by atoms with van der Waals surface area (Å²) in [5.41, 5.74) is 0.626. The Morgan fingerprint density at radius 3 is 2.70 bits per heavy atom. The van der Waals surface area contributed by atoms with Crippen LogP contribution in [-0.4, -0.2) is 10.1 Å². The normalized spacial score (nSPS) is 8.60. The Labute approximate surface area is 71.1 Å². The number of thiol groups is 1. The lowest BCUT2D eigenvalue weighted by molar-refractivity contribution is 0.273. The summed E-state index contributed by atoms with van der Waals surface area (Å²) in [5.74, 6) is 0. The summed E-state index contributed by atoms with van der Waals surface area (Å²) in [6, 6.07) is 3.57. The van der Waals surface area contributed by atoms with Crippen LogP contribution >= 0.6 is 25.0 Å². The van der Waals surface area contributed by atoms with Gasteiger partial charge in [0.05, 0.1) is 12.3 Å². The molecule has 0 aliphatic heterocycles. The summed E-state index contributed by atoms with van der Waals surface area (Å²) >= 11 is 4.06.